The number of aromatic nitrogens is 4. The molecule has 4 nitrogen and oxygen atoms in total. The Hall–Kier alpha value is -6.60. The number of para-hydroxylation sites is 2. The van der Waals surface area contributed by atoms with Crippen molar-refractivity contribution >= 4 is 113 Å². The normalized spacial score (nSPS) is 14.4. The van der Waals surface area contributed by atoms with Crippen molar-refractivity contribution in [3.05, 3.63) is 163 Å². The molecule has 0 bridgehead atoms. The molecule has 0 radical (unpaired) electrons. The topological polar surface area (TPSA) is 35.6 Å². The molecule has 1 aliphatic rings. The third-order valence-electron chi connectivity index (χ3n) is 12.1. The number of nitrogens with zero attached hydrogens (tertiary/aromatic N) is 4. The summed E-state index contributed by atoms with van der Waals surface area (Å²) >= 11 is 3.68. The Morgan fingerprint density at radius 1 is 0.561 bits per heavy atom. The number of rotatable bonds is 3. The second-order valence-corrected chi connectivity index (χ2v) is 17.4. The molecule has 1 unspecified atom stereocenters. The number of allylic oxidation sites excluding steroid dienone is 1. The Balaban J connectivity index is 1.17. The zero-order valence-corrected chi connectivity index (χ0v) is 32.5. The molecule has 5 heterocycles. The van der Waals surface area contributed by atoms with Crippen molar-refractivity contribution in [3.8, 4) is 22.9 Å². The van der Waals surface area contributed by atoms with E-state index in [1.54, 1.807) is 11.3 Å². The molecule has 6 heteroatoms. The summed E-state index contributed by atoms with van der Waals surface area (Å²) in [7, 11) is 0. The van der Waals surface area contributed by atoms with E-state index in [0.29, 0.717) is 5.92 Å². The summed E-state index contributed by atoms with van der Waals surface area (Å²) in [4.78, 5) is 11.2. The second-order valence-electron chi connectivity index (χ2n) is 15.3. The summed E-state index contributed by atoms with van der Waals surface area (Å²) in [5.74, 6) is 2.06. The van der Waals surface area contributed by atoms with Gasteiger partial charge in [-0.25, -0.2) is 9.97 Å². The van der Waals surface area contributed by atoms with Crippen molar-refractivity contribution in [1.82, 2.24) is 19.1 Å². The molecule has 57 heavy (non-hydrogen) atoms. The summed E-state index contributed by atoms with van der Waals surface area (Å²) in [6.45, 7) is 2.35. The molecule has 0 saturated carbocycles. The summed E-state index contributed by atoms with van der Waals surface area (Å²) in [6.07, 6.45) is 5.65. The van der Waals surface area contributed by atoms with Gasteiger partial charge in [-0.05, 0) is 83.3 Å². The number of thiophene rings is 2. The van der Waals surface area contributed by atoms with E-state index in [1.165, 1.54) is 79.8 Å². The molecule has 13 rings (SSSR count). The van der Waals surface area contributed by atoms with Gasteiger partial charge in [0.25, 0.3) is 0 Å². The Morgan fingerprint density at radius 3 is 2.04 bits per heavy atom. The molecular formula is C51H32N4S2. The molecule has 0 N–H and O–H groups in total. The van der Waals surface area contributed by atoms with E-state index in [2.05, 4.69) is 174 Å². The smallest absolute Gasteiger partial charge is 0.162 e. The Kier molecular flexibility index (Phi) is 6.49. The van der Waals surface area contributed by atoms with Crippen LogP contribution in [0.4, 0.5) is 0 Å². The van der Waals surface area contributed by atoms with Gasteiger partial charge in [0.2, 0.25) is 0 Å². The summed E-state index contributed by atoms with van der Waals surface area (Å²) in [5, 5.41) is 10.1. The van der Waals surface area contributed by atoms with Crippen molar-refractivity contribution in [3.63, 3.8) is 0 Å². The van der Waals surface area contributed by atoms with Crippen LogP contribution in [0.25, 0.3) is 113 Å². The van der Waals surface area contributed by atoms with Crippen molar-refractivity contribution in [2.45, 2.75) is 19.3 Å². The first-order chi connectivity index (χ1) is 28.2. The maximum absolute atomic E-state index is 5.70. The fourth-order valence-corrected chi connectivity index (χ4v) is 12.1. The van der Waals surface area contributed by atoms with Gasteiger partial charge in [0, 0.05) is 58.7 Å². The van der Waals surface area contributed by atoms with Crippen LogP contribution < -0.4 is 0 Å². The van der Waals surface area contributed by atoms with Crippen molar-refractivity contribution in [2.24, 2.45) is 0 Å². The number of hydrogen-bond acceptors (Lipinski definition) is 4. The number of benzene rings is 7. The Bertz CT molecular complexity index is 3690. The SMILES string of the molecule is CC1CC=Cc2c1c1cc(-c3nc(-n4c5ccccc5c5c6ccccc6c6c7ccccc7sc6c54)c4sc5ccccc5c4n3)ccc1n2-c1ccccc1. The van der Waals surface area contributed by atoms with E-state index in [-0.39, 0.29) is 0 Å². The highest BCUT2D eigenvalue weighted by molar-refractivity contribution is 7.27. The zero-order valence-electron chi connectivity index (χ0n) is 30.9. The van der Waals surface area contributed by atoms with Gasteiger partial charge in [-0.3, -0.25) is 4.57 Å². The third kappa shape index (κ3) is 4.31. The van der Waals surface area contributed by atoms with E-state index < -0.39 is 0 Å². The highest BCUT2D eigenvalue weighted by Crippen LogP contribution is 2.49. The molecule has 5 aromatic heterocycles. The van der Waals surface area contributed by atoms with Gasteiger partial charge >= 0.3 is 0 Å². The maximum Gasteiger partial charge on any atom is 0.162 e. The average Bonchev–Trinajstić information content (AvgIpc) is 4.02. The molecule has 0 aliphatic heterocycles. The standard InChI is InChI=1S/C51H32N4S2/c1-29-14-13-23-40-43(29)37-28-30(26-27-39(37)54(40)31-15-3-2-4-16-31)50-52-46-36-21-9-12-25-42(36)57-49(46)51(53-50)55-38-22-10-7-19-34(38)44-32-17-5-6-18-33(32)45-35-20-8-11-24-41(35)56-48(45)47(44)55/h2-13,15-29H,14H2,1H3. The maximum atomic E-state index is 5.70. The molecule has 0 amide bonds. The third-order valence-corrected chi connectivity index (χ3v) is 14.5. The van der Waals surface area contributed by atoms with Crippen molar-refractivity contribution in [2.75, 3.05) is 0 Å². The predicted molar refractivity (Wildman–Crippen MR) is 244 cm³/mol. The van der Waals surface area contributed by atoms with Crippen molar-refractivity contribution < 1.29 is 0 Å². The van der Waals surface area contributed by atoms with E-state index in [0.717, 1.165) is 44.7 Å². The molecule has 268 valence electrons. The lowest BCUT2D eigenvalue weighted by molar-refractivity contribution is 0.773. The highest BCUT2D eigenvalue weighted by Gasteiger charge is 2.27. The quantitative estimate of drug-likeness (QED) is 0.180. The lowest BCUT2D eigenvalue weighted by Crippen LogP contribution is -2.02. The fraction of sp³-hybridized carbons (Fsp3) is 0.0588. The highest BCUT2D eigenvalue weighted by atomic mass is 32.1. The minimum Gasteiger partial charge on any atom is -0.310 e. The minimum absolute atomic E-state index is 0.392. The van der Waals surface area contributed by atoms with Gasteiger partial charge in [-0.2, -0.15) is 0 Å². The molecule has 1 atom stereocenters. The van der Waals surface area contributed by atoms with Crippen LogP contribution in [0.15, 0.2) is 152 Å². The van der Waals surface area contributed by atoms with Crippen LogP contribution in [0, 0.1) is 0 Å². The molecule has 0 fully saturated rings. The van der Waals surface area contributed by atoms with Gasteiger partial charge in [0.05, 0.1) is 31.5 Å². The van der Waals surface area contributed by atoms with Gasteiger partial charge in [-0.15, -0.1) is 22.7 Å². The Labute approximate surface area is 335 Å². The van der Waals surface area contributed by atoms with Crippen LogP contribution in [-0.2, 0) is 0 Å². The first kappa shape index (κ1) is 31.6. The second kappa shape index (κ2) is 11.7. The van der Waals surface area contributed by atoms with Gasteiger partial charge < -0.3 is 4.57 Å². The lowest BCUT2D eigenvalue weighted by atomic mass is 9.90. The first-order valence-electron chi connectivity index (χ1n) is 19.6. The van der Waals surface area contributed by atoms with Crippen molar-refractivity contribution in [1.29, 1.82) is 0 Å². The van der Waals surface area contributed by atoms with Crippen LogP contribution in [-0.4, -0.2) is 19.1 Å². The monoisotopic (exact) mass is 764 g/mol. The molecule has 12 aromatic rings. The average molecular weight is 765 g/mol. The largest absolute Gasteiger partial charge is 0.310 e. The first-order valence-corrected chi connectivity index (χ1v) is 21.2. The lowest BCUT2D eigenvalue weighted by Gasteiger charge is -2.16. The number of hydrogen-bond donors (Lipinski definition) is 0. The van der Waals surface area contributed by atoms with Gasteiger partial charge in [0.15, 0.2) is 11.6 Å². The summed E-state index contributed by atoms with van der Waals surface area (Å²) < 4.78 is 9.77. The van der Waals surface area contributed by atoms with E-state index in [9.17, 15) is 0 Å². The van der Waals surface area contributed by atoms with Crippen LogP contribution >= 0.6 is 22.7 Å². The summed E-state index contributed by atoms with van der Waals surface area (Å²) in [6, 6.07) is 53.0. The fourth-order valence-electron chi connectivity index (χ4n) is 9.72. The summed E-state index contributed by atoms with van der Waals surface area (Å²) in [5.41, 5.74) is 9.41. The van der Waals surface area contributed by atoms with Crippen LogP contribution in [0.3, 0.4) is 0 Å². The van der Waals surface area contributed by atoms with E-state index in [1.807, 2.05) is 11.3 Å². The molecule has 0 saturated heterocycles. The van der Waals surface area contributed by atoms with Crippen LogP contribution in [0.1, 0.15) is 30.5 Å². The van der Waals surface area contributed by atoms with Crippen LogP contribution in [0.2, 0.25) is 0 Å². The number of fused-ring (bicyclic) bond motifs is 16. The molecular weight excluding hydrogens is 733 g/mol. The molecule has 0 spiro atoms. The van der Waals surface area contributed by atoms with Gasteiger partial charge in [-0.1, -0.05) is 110 Å². The molecule has 1 aliphatic carbocycles. The zero-order chi connectivity index (χ0) is 37.4. The molecule has 7 aromatic carbocycles. The van der Waals surface area contributed by atoms with Gasteiger partial charge in [0.1, 0.15) is 0 Å². The van der Waals surface area contributed by atoms with E-state index >= 15 is 0 Å². The predicted octanol–water partition coefficient (Wildman–Crippen LogP) is 14.6. The van der Waals surface area contributed by atoms with E-state index in [4.69, 9.17) is 9.97 Å². The Morgan fingerprint density at radius 2 is 1.21 bits per heavy atom. The van der Waals surface area contributed by atoms with Crippen LogP contribution in [0.5, 0.6) is 0 Å². The minimum atomic E-state index is 0.392.